The second-order valence-corrected chi connectivity index (χ2v) is 10.1. The van der Waals surface area contributed by atoms with E-state index in [-0.39, 0.29) is 18.0 Å². The summed E-state index contributed by atoms with van der Waals surface area (Å²) >= 11 is 0. The number of aliphatic hydroxyl groups is 2. The molecule has 0 unspecified atom stereocenters. The van der Waals surface area contributed by atoms with E-state index in [0.717, 1.165) is 0 Å². The Balaban J connectivity index is 1.91. The Labute approximate surface area is 213 Å². The van der Waals surface area contributed by atoms with Gasteiger partial charge >= 0.3 is 0 Å². The fourth-order valence-corrected chi connectivity index (χ4v) is 3.84. The highest BCUT2D eigenvalue weighted by molar-refractivity contribution is 5.73. The fraction of sp³-hybridized carbons (Fsp3) is 0.385. The first-order chi connectivity index (χ1) is 17.4. The van der Waals surface area contributed by atoms with Gasteiger partial charge in [0.25, 0.3) is 0 Å². The van der Waals surface area contributed by atoms with E-state index in [9.17, 15) is 10.2 Å². The van der Waals surface area contributed by atoms with Crippen LogP contribution in [0.15, 0.2) is 47.8 Å². The van der Waals surface area contributed by atoms with Gasteiger partial charge in [0.1, 0.15) is 22.4 Å². The van der Waals surface area contributed by atoms with Crippen LogP contribution in [-0.2, 0) is 13.1 Å². The van der Waals surface area contributed by atoms with Crippen LogP contribution in [0.5, 0.6) is 11.5 Å². The van der Waals surface area contributed by atoms with Crippen molar-refractivity contribution in [3.8, 4) is 22.8 Å². The molecule has 0 aliphatic carbocycles. The minimum Gasteiger partial charge on any atom is -0.497 e. The predicted molar refractivity (Wildman–Crippen MR) is 136 cm³/mol. The second kappa shape index (κ2) is 9.91. The summed E-state index contributed by atoms with van der Waals surface area (Å²) in [6.45, 7) is 7.16. The van der Waals surface area contributed by atoms with Crippen molar-refractivity contribution in [2.24, 2.45) is 4.99 Å². The number of methoxy groups -OCH3 is 2. The molecule has 0 amide bonds. The summed E-state index contributed by atoms with van der Waals surface area (Å²) < 4.78 is 28.8. The van der Waals surface area contributed by atoms with Gasteiger partial charge in [-0.1, -0.05) is 0 Å². The summed E-state index contributed by atoms with van der Waals surface area (Å²) in [6, 6.07) is 6.33. The molecule has 0 spiro atoms. The minimum absolute atomic E-state index is 0.00178. The van der Waals surface area contributed by atoms with Gasteiger partial charge in [-0.15, -0.1) is 0 Å². The van der Waals surface area contributed by atoms with Gasteiger partial charge in [0.05, 0.1) is 56.6 Å². The van der Waals surface area contributed by atoms with E-state index in [4.69, 9.17) is 14.5 Å². The number of fused-ring (bicyclic) bond motifs is 1. The SMILES string of the molecule is COc1cc(/N=c2\ccc3ncc(-c4cnn(CC(C)(C)O)c4)nc3n2CC(C)(C)O)c(F)c(OC)c1. The smallest absolute Gasteiger partial charge is 0.190 e. The van der Waals surface area contributed by atoms with Crippen LogP contribution in [0.3, 0.4) is 0 Å². The lowest BCUT2D eigenvalue weighted by Gasteiger charge is -2.21. The van der Waals surface area contributed by atoms with Gasteiger partial charge < -0.3 is 24.3 Å². The molecule has 37 heavy (non-hydrogen) atoms. The molecule has 196 valence electrons. The van der Waals surface area contributed by atoms with Crippen LogP contribution in [0, 0.1) is 5.82 Å². The first-order valence-corrected chi connectivity index (χ1v) is 11.7. The predicted octanol–water partition coefficient (Wildman–Crippen LogP) is 3.23. The molecule has 1 aromatic carbocycles. The van der Waals surface area contributed by atoms with E-state index in [2.05, 4.69) is 15.1 Å². The average molecular weight is 511 g/mol. The van der Waals surface area contributed by atoms with Crippen molar-refractivity contribution in [1.29, 1.82) is 0 Å². The zero-order chi connectivity index (χ0) is 27.0. The lowest BCUT2D eigenvalue weighted by atomic mass is 10.1. The maximum absolute atomic E-state index is 15.1. The number of rotatable bonds is 8. The topological polar surface area (TPSA) is 120 Å². The Morgan fingerprint density at radius 1 is 1.00 bits per heavy atom. The standard InChI is InChI=1S/C26H31FN6O4/c1-25(2,34)14-32-13-16(11-29-32)20-12-28-18-7-8-22(33(24(18)31-20)15-26(3,4)35)30-19-9-17(36-5)10-21(37-6)23(19)27/h7-13,34-35H,14-15H2,1-6H3/b30-22+. The number of halogens is 1. The molecule has 0 aliphatic heterocycles. The van der Waals surface area contributed by atoms with Gasteiger partial charge in [-0.2, -0.15) is 5.10 Å². The normalized spacial score (nSPS) is 12.8. The van der Waals surface area contributed by atoms with Gasteiger partial charge in [-0.25, -0.2) is 14.4 Å². The third-order valence-corrected chi connectivity index (χ3v) is 5.41. The Bertz CT molecular complexity index is 1500. The highest BCUT2D eigenvalue weighted by Gasteiger charge is 2.19. The summed E-state index contributed by atoms with van der Waals surface area (Å²) in [5.74, 6) is -0.257. The summed E-state index contributed by atoms with van der Waals surface area (Å²) in [5.41, 5.74) is 0.576. The van der Waals surface area contributed by atoms with Crippen molar-refractivity contribution in [3.05, 3.63) is 54.2 Å². The molecular weight excluding hydrogens is 479 g/mol. The minimum atomic E-state index is -1.14. The van der Waals surface area contributed by atoms with Crippen molar-refractivity contribution in [2.75, 3.05) is 14.2 Å². The highest BCUT2D eigenvalue weighted by Crippen LogP contribution is 2.32. The maximum Gasteiger partial charge on any atom is 0.190 e. The molecule has 4 rings (SSSR count). The van der Waals surface area contributed by atoms with E-state index in [1.54, 1.807) is 67.7 Å². The maximum atomic E-state index is 15.1. The number of aromatic nitrogens is 5. The number of hydrogen-bond donors (Lipinski definition) is 2. The van der Waals surface area contributed by atoms with Crippen molar-refractivity contribution < 1.29 is 24.1 Å². The van der Waals surface area contributed by atoms with E-state index in [1.807, 2.05) is 0 Å². The van der Waals surface area contributed by atoms with Crippen LogP contribution in [0.25, 0.3) is 22.4 Å². The Morgan fingerprint density at radius 3 is 2.38 bits per heavy atom. The van der Waals surface area contributed by atoms with E-state index < -0.39 is 17.0 Å². The van der Waals surface area contributed by atoms with E-state index in [0.29, 0.717) is 40.2 Å². The fourth-order valence-electron chi connectivity index (χ4n) is 3.84. The molecule has 0 bridgehead atoms. The molecule has 3 heterocycles. The largest absolute Gasteiger partial charge is 0.497 e. The number of pyridine rings is 1. The van der Waals surface area contributed by atoms with E-state index >= 15 is 4.39 Å². The summed E-state index contributed by atoms with van der Waals surface area (Å²) in [4.78, 5) is 13.9. The van der Waals surface area contributed by atoms with Crippen molar-refractivity contribution in [3.63, 3.8) is 0 Å². The van der Waals surface area contributed by atoms with Crippen molar-refractivity contribution >= 4 is 16.9 Å². The second-order valence-electron chi connectivity index (χ2n) is 10.1. The monoisotopic (exact) mass is 510 g/mol. The molecule has 0 fully saturated rings. The van der Waals surface area contributed by atoms with Gasteiger partial charge in [0, 0.05) is 23.9 Å². The Hall–Kier alpha value is -3.83. The molecule has 4 aromatic rings. The van der Waals surface area contributed by atoms with Crippen molar-refractivity contribution in [2.45, 2.75) is 52.0 Å². The van der Waals surface area contributed by atoms with Crippen molar-refractivity contribution in [1.82, 2.24) is 24.3 Å². The first kappa shape index (κ1) is 26.2. The zero-order valence-corrected chi connectivity index (χ0v) is 21.7. The molecule has 10 nitrogen and oxygen atoms in total. The van der Waals surface area contributed by atoms with Crippen LogP contribution in [0.4, 0.5) is 10.1 Å². The van der Waals surface area contributed by atoms with Crippen LogP contribution in [0.1, 0.15) is 27.7 Å². The quantitative estimate of drug-likeness (QED) is 0.373. The number of nitrogens with zero attached hydrogens (tertiary/aromatic N) is 6. The van der Waals surface area contributed by atoms with Crippen LogP contribution >= 0.6 is 0 Å². The van der Waals surface area contributed by atoms with E-state index in [1.165, 1.54) is 26.4 Å². The van der Waals surface area contributed by atoms with Gasteiger partial charge in [-0.05, 0) is 39.8 Å². The number of hydrogen-bond acceptors (Lipinski definition) is 8. The molecule has 3 aromatic heterocycles. The molecule has 0 saturated heterocycles. The molecule has 0 atom stereocenters. The average Bonchev–Trinajstić information content (AvgIpc) is 3.27. The molecular formula is C26H31FN6O4. The Kier molecular flexibility index (Phi) is 7.03. The molecule has 0 aliphatic rings. The van der Waals surface area contributed by atoms with Gasteiger partial charge in [0.2, 0.25) is 0 Å². The molecule has 11 heteroatoms. The van der Waals surface area contributed by atoms with Gasteiger partial charge in [-0.3, -0.25) is 9.67 Å². The third-order valence-electron chi connectivity index (χ3n) is 5.41. The van der Waals surface area contributed by atoms with Crippen LogP contribution in [-0.4, -0.2) is 60.0 Å². The number of benzene rings is 1. The van der Waals surface area contributed by atoms with Crippen LogP contribution < -0.4 is 15.0 Å². The lowest BCUT2D eigenvalue weighted by Crippen LogP contribution is -2.33. The van der Waals surface area contributed by atoms with Crippen LogP contribution in [0.2, 0.25) is 0 Å². The first-order valence-electron chi connectivity index (χ1n) is 11.7. The lowest BCUT2D eigenvalue weighted by molar-refractivity contribution is 0.0576. The number of ether oxygens (including phenoxy) is 2. The zero-order valence-electron chi connectivity index (χ0n) is 21.7. The summed E-state index contributed by atoms with van der Waals surface area (Å²) in [6.07, 6.45) is 5.06. The molecule has 2 N–H and O–H groups in total. The highest BCUT2D eigenvalue weighted by atomic mass is 19.1. The summed E-state index contributed by atoms with van der Waals surface area (Å²) in [5, 5.41) is 25.1. The molecule has 0 radical (unpaired) electrons. The molecule has 0 saturated carbocycles. The third kappa shape index (κ3) is 6.12. The van der Waals surface area contributed by atoms with Gasteiger partial charge in [0.15, 0.2) is 17.2 Å². The summed E-state index contributed by atoms with van der Waals surface area (Å²) in [7, 11) is 2.84. The Morgan fingerprint density at radius 2 is 1.73 bits per heavy atom.